The summed E-state index contributed by atoms with van der Waals surface area (Å²) in [6, 6.07) is 12.0. The van der Waals surface area contributed by atoms with Gasteiger partial charge >= 0.3 is 0 Å². The van der Waals surface area contributed by atoms with Crippen LogP contribution in [0.4, 0.5) is 0 Å². The summed E-state index contributed by atoms with van der Waals surface area (Å²) in [4.78, 5) is 15.9. The fourth-order valence-corrected chi connectivity index (χ4v) is 4.27. The third-order valence-corrected chi connectivity index (χ3v) is 5.63. The number of hydrogen-bond donors (Lipinski definition) is 1. The van der Waals surface area contributed by atoms with Crippen LogP contribution in [0.3, 0.4) is 0 Å². The van der Waals surface area contributed by atoms with E-state index in [9.17, 15) is 4.79 Å². The van der Waals surface area contributed by atoms with Crippen LogP contribution in [0.25, 0.3) is 0 Å². The third-order valence-electron chi connectivity index (χ3n) is 4.70. The van der Waals surface area contributed by atoms with Gasteiger partial charge in [-0.05, 0) is 62.2 Å². The molecule has 2 aliphatic rings. The van der Waals surface area contributed by atoms with Crippen LogP contribution in [-0.4, -0.2) is 36.5 Å². The Morgan fingerprint density at radius 3 is 2.65 bits per heavy atom. The number of benzene rings is 1. The largest absolute Gasteiger partial charge is 0.455 e. The van der Waals surface area contributed by atoms with Crippen LogP contribution in [0, 0.1) is 12.8 Å². The lowest BCUT2D eigenvalue weighted by Crippen LogP contribution is -2.43. The zero-order chi connectivity index (χ0) is 15.8. The molecular formula is C18H20N2O2S. The van der Waals surface area contributed by atoms with E-state index in [4.69, 9.17) is 4.42 Å². The number of nitrogens with zero attached hydrogens (tertiary/aromatic N) is 1. The molecule has 0 radical (unpaired) electrons. The molecule has 1 amide bonds. The normalized spacial score (nSPS) is 25.7. The van der Waals surface area contributed by atoms with Gasteiger partial charge in [-0.25, -0.2) is 0 Å². The van der Waals surface area contributed by atoms with Gasteiger partial charge in [0.25, 0.3) is 5.91 Å². The number of amides is 1. The van der Waals surface area contributed by atoms with Crippen molar-refractivity contribution in [2.75, 3.05) is 19.6 Å². The predicted octanol–water partition coefficient (Wildman–Crippen LogP) is 3.17. The van der Waals surface area contributed by atoms with E-state index in [0.29, 0.717) is 12.0 Å². The summed E-state index contributed by atoms with van der Waals surface area (Å²) >= 11 is 1.57. The Labute approximate surface area is 140 Å². The summed E-state index contributed by atoms with van der Waals surface area (Å²) in [7, 11) is 0. The summed E-state index contributed by atoms with van der Waals surface area (Å²) in [5, 5.41) is 4.06. The van der Waals surface area contributed by atoms with Crippen LogP contribution < -0.4 is 5.32 Å². The topological polar surface area (TPSA) is 45.5 Å². The lowest BCUT2D eigenvalue weighted by molar-refractivity contribution is 0.0924. The van der Waals surface area contributed by atoms with Gasteiger partial charge in [-0.3, -0.25) is 4.79 Å². The number of hydrogen-bond acceptors (Lipinski definition) is 4. The lowest BCUT2D eigenvalue weighted by atomic mass is 9.99. The predicted molar refractivity (Wildman–Crippen MR) is 89.8 cm³/mol. The first-order valence-electron chi connectivity index (χ1n) is 8.05. The van der Waals surface area contributed by atoms with Crippen molar-refractivity contribution >= 4 is 17.7 Å². The van der Waals surface area contributed by atoms with Gasteiger partial charge < -0.3 is 14.6 Å². The summed E-state index contributed by atoms with van der Waals surface area (Å²) in [5.41, 5.74) is 0.725. The van der Waals surface area contributed by atoms with Gasteiger partial charge in [-0.1, -0.05) is 11.8 Å². The molecule has 0 spiro atoms. The number of rotatable bonds is 4. The third kappa shape index (κ3) is 3.16. The van der Waals surface area contributed by atoms with Crippen molar-refractivity contribution in [3.63, 3.8) is 0 Å². The van der Waals surface area contributed by atoms with E-state index in [1.165, 1.54) is 13.0 Å². The number of fused-ring (bicyclic) bond motifs is 2. The van der Waals surface area contributed by atoms with Crippen LogP contribution >= 0.6 is 11.8 Å². The molecule has 1 aromatic heterocycles. The lowest BCUT2D eigenvalue weighted by Gasteiger charge is -2.23. The Kier molecular flexibility index (Phi) is 3.91. The average molecular weight is 328 g/mol. The maximum Gasteiger partial charge on any atom is 0.251 e. The fourth-order valence-electron chi connectivity index (χ4n) is 3.46. The maximum atomic E-state index is 12.4. The van der Waals surface area contributed by atoms with E-state index < -0.39 is 0 Å². The standard InChI is InChI=1S/C18H20N2O2S/c1-12-2-7-17(22-12)23-15-5-3-13(4-6-15)18(21)19-16-11-20-9-8-14(16)10-20/h2-7,14,16H,8-11H2,1H3,(H,19,21)/t14-,16?/m0/s1. The number of nitrogens with one attached hydrogen (secondary N) is 1. The second-order valence-corrected chi connectivity index (χ2v) is 7.46. The van der Waals surface area contributed by atoms with E-state index in [0.717, 1.165) is 34.4 Å². The molecule has 3 heterocycles. The van der Waals surface area contributed by atoms with E-state index >= 15 is 0 Å². The van der Waals surface area contributed by atoms with E-state index in [2.05, 4.69) is 10.2 Å². The molecule has 120 valence electrons. The molecule has 0 saturated carbocycles. The second kappa shape index (κ2) is 6.06. The van der Waals surface area contributed by atoms with Gasteiger partial charge in [-0.2, -0.15) is 0 Å². The van der Waals surface area contributed by atoms with Crippen molar-refractivity contribution in [1.29, 1.82) is 0 Å². The van der Waals surface area contributed by atoms with Crippen LogP contribution in [0.1, 0.15) is 22.5 Å². The van der Waals surface area contributed by atoms with Crippen LogP contribution in [0.5, 0.6) is 0 Å². The molecule has 23 heavy (non-hydrogen) atoms. The molecule has 1 aromatic carbocycles. The van der Waals surface area contributed by atoms with Crippen LogP contribution in [0.2, 0.25) is 0 Å². The molecule has 4 rings (SSSR count). The number of aryl methyl sites for hydroxylation is 1. The second-order valence-electron chi connectivity index (χ2n) is 6.38. The van der Waals surface area contributed by atoms with Crippen LogP contribution in [-0.2, 0) is 0 Å². The highest BCUT2D eigenvalue weighted by Gasteiger charge is 2.38. The van der Waals surface area contributed by atoms with Gasteiger partial charge in [0, 0.05) is 29.6 Å². The molecule has 4 nitrogen and oxygen atoms in total. The highest BCUT2D eigenvalue weighted by Crippen LogP contribution is 2.30. The number of furan rings is 1. The minimum absolute atomic E-state index is 0.0362. The van der Waals surface area contributed by atoms with Crippen molar-refractivity contribution in [1.82, 2.24) is 10.2 Å². The van der Waals surface area contributed by atoms with Gasteiger partial charge in [-0.15, -0.1) is 0 Å². The summed E-state index contributed by atoms with van der Waals surface area (Å²) in [6.07, 6.45) is 1.21. The zero-order valence-electron chi connectivity index (χ0n) is 13.1. The van der Waals surface area contributed by atoms with E-state index in [1.807, 2.05) is 43.3 Å². The summed E-state index contributed by atoms with van der Waals surface area (Å²) in [5.74, 6) is 1.58. The average Bonchev–Trinajstić information content (AvgIpc) is 3.25. The smallest absolute Gasteiger partial charge is 0.251 e. The number of carbonyl (C=O) groups is 1. The molecule has 5 heteroatoms. The first-order valence-corrected chi connectivity index (χ1v) is 8.86. The molecule has 1 N–H and O–H groups in total. The van der Waals surface area contributed by atoms with Crippen molar-refractivity contribution < 1.29 is 9.21 Å². The first-order chi connectivity index (χ1) is 11.2. The summed E-state index contributed by atoms with van der Waals surface area (Å²) in [6.45, 7) is 5.27. The summed E-state index contributed by atoms with van der Waals surface area (Å²) < 4.78 is 5.56. The molecule has 2 saturated heterocycles. The Morgan fingerprint density at radius 1 is 1.22 bits per heavy atom. The molecule has 2 unspecified atom stereocenters. The van der Waals surface area contributed by atoms with Crippen molar-refractivity contribution in [3.8, 4) is 0 Å². The Hall–Kier alpha value is -1.72. The van der Waals surface area contributed by atoms with Crippen LogP contribution in [0.15, 0.2) is 50.8 Å². The Balaban J connectivity index is 1.38. The van der Waals surface area contributed by atoms with Crippen molar-refractivity contribution in [2.45, 2.75) is 29.4 Å². The highest BCUT2D eigenvalue weighted by molar-refractivity contribution is 7.99. The molecule has 3 atom stereocenters. The highest BCUT2D eigenvalue weighted by atomic mass is 32.2. The number of piperidine rings is 1. The van der Waals surface area contributed by atoms with Crippen molar-refractivity contribution in [3.05, 3.63) is 47.7 Å². The van der Waals surface area contributed by atoms with Gasteiger partial charge in [0.2, 0.25) is 0 Å². The Bertz CT molecular complexity index is 710. The van der Waals surface area contributed by atoms with Gasteiger partial charge in [0.1, 0.15) is 5.76 Å². The zero-order valence-corrected chi connectivity index (χ0v) is 13.9. The molecule has 0 aliphatic carbocycles. The van der Waals surface area contributed by atoms with E-state index in [-0.39, 0.29) is 5.91 Å². The molecule has 2 fully saturated rings. The quantitative estimate of drug-likeness (QED) is 0.936. The number of carbonyl (C=O) groups excluding carboxylic acids is 1. The minimum atomic E-state index is 0.0362. The molecular weight excluding hydrogens is 308 g/mol. The first kappa shape index (κ1) is 14.8. The van der Waals surface area contributed by atoms with Gasteiger partial charge in [0.05, 0.1) is 0 Å². The van der Waals surface area contributed by atoms with Gasteiger partial charge in [0.15, 0.2) is 5.09 Å². The SMILES string of the molecule is Cc1ccc(Sc2ccc(C(=O)NC3CN4CC[C@H]3C4)cc2)o1. The Morgan fingerprint density at radius 2 is 2.04 bits per heavy atom. The molecule has 2 aliphatic heterocycles. The van der Waals surface area contributed by atoms with E-state index in [1.54, 1.807) is 11.8 Å². The van der Waals surface area contributed by atoms with Crippen molar-refractivity contribution in [2.24, 2.45) is 5.92 Å². The fraction of sp³-hybridized carbons (Fsp3) is 0.389. The minimum Gasteiger partial charge on any atom is -0.455 e. The monoisotopic (exact) mass is 328 g/mol. The molecule has 2 aromatic rings. The maximum absolute atomic E-state index is 12.4. The molecule has 2 bridgehead atoms.